The van der Waals surface area contributed by atoms with Crippen molar-refractivity contribution in [1.29, 1.82) is 0 Å². The third-order valence-corrected chi connectivity index (χ3v) is 5.97. The Morgan fingerprint density at radius 2 is 1.69 bits per heavy atom. The van der Waals surface area contributed by atoms with Gasteiger partial charge in [0.15, 0.2) is 0 Å². The van der Waals surface area contributed by atoms with Crippen molar-refractivity contribution in [2.75, 3.05) is 0 Å². The van der Waals surface area contributed by atoms with Crippen LogP contribution in [0.2, 0.25) is 0 Å². The molecule has 162 valence electrons. The number of hydrogen-bond acceptors (Lipinski definition) is 2. The van der Waals surface area contributed by atoms with Gasteiger partial charge in [-0.05, 0) is 42.2 Å². The van der Waals surface area contributed by atoms with Gasteiger partial charge in [-0.15, -0.1) is 0 Å². The van der Waals surface area contributed by atoms with E-state index in [1.54, 1.807) is 6.20 Å². The molecule has 0 aliphatic heterocycles. The van der Waals surface area contributed by atoms with Gasteiger partial charge in [0.05, 0.1) is 11.6 Å². The summed E-state index contributed by atoms with van der Waals surface area (Å²) >= 11 is 0. The van der Waals surface area contributed by atoms with Crippen molar-refractivity contribution in [1.82, 2.24) is 4.57 Å². The van der Waals surface area contributed by atoms with Crippen LogP contribution in [0.25, 0.3) is 22.0 Å². The van der Waals surface area contributed by atoms with Crippen LogP contribution in [0.3, 0.4) is 0 Å². The van der Waals surface area contributed by atoms with E-state index in [4.69, 9.17) is 0 Å². The molecule has 1 heterocycles. The van der Waals surface area contributed by atoms with Gasteiger partial charge in [-0.25, -0.2) is 4.79 Å². The first kappa shape index (κ1) is 21.6. The maximum atomic E-state index is 12.6. The highest BCUT2D eigenvalue weighted by Crippen LogP contribution is 2.34. The van der Waals surface area contributed by atoms with Crippen molar-refractivity contribution in [2.45, 2.75) is 39.2 Å². The van der Waals surface area contributed by atoms with E-state index in [-0.39, 0.29) is 11.6 Å². The van der Waals surface area contributed by atoms with Gasteiger partial charge in [0.25, 0.3) is 5.78 Å². The number of carboxylic acids is 1. The van der Waals surface area contributed by atoms with Crippen LogP contribution in [-0.4, -0.2) is 21.4 Å². The van der Waals surface area contributed by atoms with Gasteiger partial charge in [-0.1, -0.05) is 86.0 Å². The van der Waals surface area contributed by atoms with E-state index in [1.165, 1.54) is 0 Å². The molecule has 4 aromatic rings. The van der Waals surface area contributed by atoms with Crippen molar-refractivity contribution in [3.05, 3.63) is 95.7 Å². The number of rotatable bonds is 8. The predicted octanol–water partition coefficient (Wildman–Crippen LogP) is 6.66. The normalized spacial score (nSPS) is 12.1. The fourth-order valence-corrected chi connectivity index (χ4v) is 4.35. The number of aryl methyl sites for hydroxylation is 1. The second-order valence-electron chi connectivity index (χ2n) is 8.25. The third-order valence-electron chi connectivity index (χ3n) is 5.97. The number of aromatic nitrogens is 1. The second kappa shape index (κ2) is 9.23. The Balaban J connectivity index is 1.92. The number of benzene rings is 3. The van der Waals surface area contributed by atoms with Crippen LogP contribution in [0.15, 0.2) is 79.0 Å². The molecule has 0 aliphatic rings. The molecule has 0 aliphatic carbocycles. The van der Waals surface area contributed by atoms with Crippen molar-refractivity contribution >= 4 is 22.7 Å². The van der Waals surface area contributed by atoms with E-state index in [0.717, 1.165) is 47.0 Å². The minimum absolute atomic E-state index is 0.0267. The molecule has 32 heavy (non-hydrogen) atoms. The molecule has 0 amide bonds. The van der Waals surface area contributed by atoms with E-state index >= 15 is 0 Å². The molecule has 0 saturated carbocycles. The molecule has 0 radical (unpaired) electrons. The highest BCUT2D eigenvalue weighted by Gasteiger charge is 2.24. The summed E-state index contributed by atoms with van der Waals surface area (Å²) in [4.78, 5) is 24.2. The van der Waals surface area contributed by atoms with Crippen molar-refractivity contribution in [3.8, 4) is 11.1 Å². The number of nitrogens with zero attached hydrogens (tertiary/aromatic N) is 1. The summed E-state index contributed by atoms with van der Waals surface area (Å²) in [6.45, 7) is 4.19. The summed E-state index contributed by atoms with van der Waals surface area (Å²) in [5.74, 6) is -2.31. The second-order valence-corrected chi connectivity index (χ2v) is 8.25. The largest absolute Gasteiger partial charge is 0.475 e. The lowest BCUT2D eigenvalue weighted by Crippen LogP contribution is -2.13. The van der Waals surface area contributed by atoms with E-state index in [1.807, 2.05) is 61.5 Å². The van der Waals surface area contributed by atoms with Gasteiger partial charge in [0, 0.05) is 17.1 Å². The monoisotopic (exact) mass is 425 g/mol. The van der Waals surface area contributed by atoms with Crippen LogP contribution in [-0.2, 0) is 4.79 Å². The SMILES string of the molecule is CCCCC(c1ccccc1)n1cc(C(=O)C(=O)O)c2cc(-c3cccc(C)c3)ccc21. The summed E-state index contributed by atoms with van der Waals surface area (Å²) in [5, 5.41) is 10.1. The number of unbranched alkanes of at least 4 members (excludes halogenated alkanes) is 1. The lowest BCUT2D eigenvalue weighted by molar-refractivity contribution is -0.131. The first-order chi connectivity index (χ1) is 15.5. The quantitative estimate of drug-likeness (QED) is 0.253. The number of carbonyl (C=O) groups excluding carboxylic acids is 1. The number of hydrogen-bond donors (Lipinski definition) is 1. The fourth-order valence-electron chi connectivity index (χ4n) is 4.35. The number of fused-ring (bicyclic) bond motifs is 1. The predicted molar refractivity (Wildman–Crippen MR) is 128 cm³/mol. The molecule has 0 bridgehead atoms. The number of ketones is 1. The Kier molecular flexibility index (Phi) is 6.22. The van der Waals surface area contributed by atoms with E-state index in [9.17, 15) is 14.7 Å². The molecule has 0 fully saturated rings. The first-order valence-corrected chi connectivity index (χ1v) is 11.0. The summed E-state index contributed by atoms with van der Waals surface area (Å²) in [7, 11) is 0. The zero-order chi connectivity index (χ0) is 22.7. The Bertz CT molecular complexity index is 1270. The van der Waals surface area contributed by atoms with Gasteiger partial charge in [0.1, 0.15) is 0 Å². The number of aliphatic carboxylic acids is 1. The Hall–Kier alpha value is -3.66. The summed E-state index contributed by atoms with van der Waals surface area (Å²) in [6, 6.07) is 24.4. The smallest absolute Gasteiger partial charge is 0.377 e. The molecule has 0 spiro atoms. The summed E-state index contributed by atoms with van der Waals surface area (Å²) in [5.41, 5.74) is 5.40. The van der Waals surface area contributed by atoms with Crippen LogP contribution in [0.4, 0.5) is 0 Å². The number of carbonyl (C=O) groups is 2. The lowest BCUT2D eigenvalue weighted by Gasteiger charge is -2.21. The standard InChI is InChI=1S/C28H27NO3/c1-3-4-13-25(20-10-6-5-7-11-20)29-18-24(27(30)28(31)32)23-17-22(14-15-26(23)29)21-12-8-9-19(2)16-21/h5-12,14-18,25H,3-4,13H2,1-2H3,(H,31,32). The molecular formula is C28H27NO3. The summed E-state index contributed by atoms with van der Waals surface area (Å²) < 4.78 is 2.08. The van der Waals surface area contributed by atoms with Gasteiger partial charge >= 0.3 is 5.97 Å². The molecule has 1 atom stereocenters. The molecule has 4 heteroatoms. The highest BCUT2D eigenvalue weighted by atomic mass is 16.4. The fraction of sp³-hybridized carbons (Fsp3) is 0.214. The molecule has 4 rings (SSSR count). The Morgan fingerprint density at radius 3 is 2.38 bits per heavy atom. The van der Waals surface area contributed by atoms with E-state index in [0.29, 0.717) is 5.39 Å². The van der Waals surface area contributed by atoms with Crippen LogP contribution in [0, 0.1) is 6.92 Å². The van der Waals surface area contributed by atoms with Gasteiger partial charge in [-0.2, -0.15) is 0 Å². The first-order valence-electron chi connectivity index (χ1n) is 11.0. The van der Waals surface area contributed by atoms with Gasteiger partial charge in [-0.3, -0.25) is 4.79 Å². The average Bonchev–Trinajstić information content (AvgIpc) is 3.18. The van der Waals surface area contributed by atoms with Crippen LogP contribution >= 0.6 is 0 Å². The zero-order valence-corrected chi connectivity index (χ0v) is 18.4. The molecule has 1 N–H and O–H groups in total. The Labute approximate surface area is 188 Å². The van der Waals surface area contributed by atoms with E-state index in [2.05, 4.69) is 29.7 Å². The van der Waals surface area contributed by atoms with Crippen molar-refractivity contribution < 1.29 is 14.7 Å². The van der Waals surface area contributed by atoms with Crippen LogP contribution < -0.4 is 0 Å². The lowest BCUT2D eigenvalue weighted by atomic mass is 9.99. The maximum absolute atomic E-state index is 12.6. The summed E-state index contributed by atoms with van der Waals surface area (Å²) in [6.07, 6.45) is 4.73. The van der Waals surface area contributed by atoms with Gasteiger partial charge in [0.2, 0.25) is 0 Å². The van der Waals surface area contributed by atoms with Crippen LogP contribution in [0.1, 0.15) is 53.7 Å². The highest BCUT2D eigenvalue weighted by molar-refractivity contribution is 6.42. The molecule has 1 aromatic heterocycles. The zero-order valence-electron chi connectivity index (χ0n) is 18.4. The third kappa shape index (κ3) is 4.22. The molecule has 0 saturated heterocycles. The molecule has 4 nitrogen and oxygen atoms in total. The minimum atomic E-state index is -1.44. The average molecular weight is 426 g/mol. The van der Waals surface area contributed by atoms with Crippen LogP contribution in [0.5, 0.6) is 0 Å². The van der Waals surface area contributed by atoms with Gasteiger partial charge < -0.3 is 9.67 Å². The van der Waals surface area contributed by atoms with E-state index < -0.39 is 11.8 Å². The number of Topliss-reactive ketones (excluding diaryl/α,β-unsaturated/α-hetero) is 1. The molecule has 1 unspecified atom stereocenters. The maximum Gasteiger partial charge on any atom is 0.377 e. The number of carboxylic acid groups (broad SMARTS) is 1. The van der Waals surface area contributed by atoms with Crippen molar-refractivity contribution in [3.63, 3.8) is 0 Å². The molecular weight excluding hydrogens is 398 g/mol. The Morgan fingerprint density at radius 1 is 0.938 bits per heavy atom. The van der Waals surface area contributed by atoms with Crippen molar-refractivity contribution in [2.24, 2.45) is 0 Å². The molecule has 3 aromatic carbocycles. The topological polar surface area (TPSA) is 59.3 Å². The minimum Gasteiger partial charge on any atom is -0.475 e.